The Morgan fingerprint density at radius 3 is 3.00 bits per heavy atom. The van der Waals surface area contributed by atoms with Crippen molar-refractivity contribution in [3.8, 4) is 5.69 Å². The lowest BCUT2D eigenvalue weighted by molar-refractivity contribution is -0.125. The number of anilines is 1. The summed E-state index contributed by atoms with van der Waals surface area (Å²) in [7, 11) is 0. The predicted octanol–water partition coefficient (Wildman–Crippen LogP) is -0.0656. The number of urea groups is 1. The first kappa shape index (κ1) is 14.0. The fourth-order valence-electron chi connectivity index (χ4n) is 2.22. The van der Waals surface area contributed by atoms with Gasteiger partial charge in [-0.15, -0.1) is 5.10 Å². The normalized spacial score (nSPS) is 14.0. The molecular weight excluding hydrogens is 286 g/mol. The molecule has 0 spiro atoms. The molecule has 0 unspecified atom stereocenters. The second-order valence-electron chi connectivity index (χ2n) is 4.89. The number of imide groups is 1. The van der Waals surface area contributed by atoms with Gasteiger partial charge in [0, 0.05) is 18.8 Å². The zero-order valence-corrected chi connectivity index (χ0v) is 12.0. The topological polar surface area (TPSA) is 105 Å². The largest absolute Gasteiger partial charge is 0.376 e. The third-order valence-corrected chi connectivity index (χ3v) is 3.41. The second-order valence-corrected chi connectivity index (χ2v) is 4.89. The van der Waals surface area contributed by atoms with E-state index in [2.05, 4.69) is 26.2 Å². The highest BCUT2D eigenvalue weighted by molar-refractivity contribution is 5.97. The van der Waals surface area contributed by atoms with Crippen molar-refractivity contribution < 1.29 is 9.59 Å². The molecular formula is C13H15N7O2. The molecule has 3 amide bonds. The third-order valence-electron chi connectivity index (χ3n) is 3.41. The quantitative estimate of drug-likeness (QED) is 0.819. The Bertz CT molecular complexity index is 698. The van der Waals surface area contributed by atoms with Crippen molar-refractivity contribution in [3.05, 3.63) is 30.1 Å². The van der Waals surface area contributed by atoms with Crippen LogP contribution in [0, 0.1) is 6.92 Å². The molecule has 2 heterocycles. The van der Waals surface area contributed by atoms with Gasteiger partial charge in [0.1, 0.15) is 6.33 Å². The number of nitrogens with zero attached hydrogens (tertiary/aromatic N) is 5. The van der Waals surface area contributed by atoms with E-state index in [1.165, 1.54) is 11.2 Å². The molecule has 0 aliphatic carbocycles. The third kappa shape index (κ3) is 2.73. The van der Waals surface area contributed by atoms with Gasteiger partial charge >= 0.3 is 6.03 Å². The lowest BCUT2D eigenvalue weighted by atomic mass is 10.2. The molecule has 1 fully saturated rings. The summed E-state index contributed by atoms with van der Waals surface area (Å²) in [5, 5.41) is 16.7. The Labute approximate surface area is 126 Å². The molecule has 114 valence electrons. The summed E-state index contributed by atoms with van der Waals surface area (Å²) in [6.07, 6.45) is 1.51. The summed E-state index contributed by atoms with van der Waals surface area (Å²) in [6.45, 7) is 2.90. The van der Waals surface area contributed by atoms with Gasteiger partial charge in [0.15, 0.2) is 0 Å². The van der Waals surface area contributed by atoms with Gasteiger partial charge in [-0.3, -0.25) is 9.69 Å². The number of hydrogen-bond acceptors (Lipinski definition) is 6. The van der Waals surface area contributed by atoms with Crippen LogP contribution in [-0.4, -0.2) is 56.7 Å². The van der Waals surface area contributed by atoms with Crippen molar-refractivity contribution in [1.29, 1.82) is 0 Å². The molecule has 0 bridgehead atoms. The molecule has 22 heavy (non-hydrogen) atoms. The summed E-state index contributed by atoms with van der Waals surface area (Å²) in [6, 6.07) is 5.28. The van der Waals surface area contributed by atoms with Gasteiger partial charge < -0.3 is 10.6 Å². The van der Waals surface area contributed by atoms with Crippen LogP contribution in [0.2, 0.25) is 0 Å². The minimum Gasteiger partial charge on any atom is -0.376 e. The number of tetrazole rings is 1. The van der Waals surface area contributed by atoms with Gasteiger partial charge in [-0.25, -0.2) is 9.48 Å². The van der Waals surface area contributed by atoms with E-state index < -0.39 is 0 Å². The maximum atomic E-state index is 12.0. The minimum absolute atomic E-state index is 0.0472. The molecule has 0 radical (unpaired) electrons. The number of carbonyl (C=O) groups is 2. The Hall–Kier alpha value is -2.97. The van der Waals surface area contributed by atoms with E-state index >= 15 is 0 Å². The fraction of sp³-hybridized carbons (Fsp3) is 0.308. The van der Waals surface area contributed by atoms with E-state index in [-0.39, 0.29) is 18.5 Å². The minimum atomic E-state index is -0.343. The highest BCUT2D eigenvalue weighted by Gasteiger charge is 2.25. The molecule has 1 aliphatic rings. The molecule has 9 heteroatoms. The highest BCUT2D eigenvalue weighted by Crippen LogP contribution is 2.18. The molecule has 3 rings (SSSR count). The average Bonchev–Trinajstić information content (AvgIpc) is 3.17. The van der Waals surface area contributed by atoms with Crippen LogP contribution in [0.3, 0.4) is 0 Å². The van der Waals surface area contributed by atoms with Crippen molar-refractivity contribution >= 4 is 17.6 Å². The van der Waals surface area contributed by atoms with Crippen molar-refractivity contribution in [2.75, 3.05) is 25.0 Å². The molecule has 1 aromatic heterocycles. The summed E-state index contributed by atoms with van der Waals surface area (Å²) >= 11 is 0. The van der Waals surface area contributed by atoms with Crippen LogP contribution in [0.5, 0.6) is 0 Å². The van der Waals surface area contributed by atoms with Crippen molar-refractivity contribution in [2.45, 2.75) is 6.92 Å². The zero-order chi connectivity index (χ0) is 15.5. The van der Waals surface area contributed by atoms with E-state index in [4.69, 9.17) is 0 Å². The van der Waals surface area contributed by atoms with Crippen LogP contribution in [-0.2, 0) is 4.79 Å². The number of hydrogen-bond donors (Lipinski definition) is 2. The van der Waals surface area contributed by atoms with Gasteiger partial charge in [0.25, 0.3) is 0 Å². The van der Waals surface area contributed by atoms with E-state index in [0.29, 0.717) is 13.1 Å². The average molecular weight is 301 g/mol. The molecule has 0 saturated carbocycles. The fourth-order valence-corrected chi connectivity index (χ4v) is 2.22. The number of benzene rings is 1. The van der Waals surface area contributed by atoms with Crippen LogP contribution in [0.15, 0.2) is 24.5 Å². The summed E-state index contributed by atoms with van der Waals surface area (Å²) in [4.78, 5) is 24.6. The van der Waals surface area contributed by atoms with Gasteiger partial charge in [0.05, 0.1) is 12.2 Å². The first-order valence-corrected chi connectivity index (χ1v) is 6.81. The highest BCUT2D eigenvalue weighted by atomic mass is 16.2. The van der Waals surface area contributed by atoms with Crippen LogP contribution in [0.25, 0.3) is 5.69 Å². The lowest BCUT2D eigenvalue weighted by Gasteiger charge is -2.14. The molecule has 2 N–H and O–H groups in total. The maximum Gasteiger partial charge on any atom is 0.324 e. The van der Waals surface area contributed by atoms with Crippen molar-refractivity contribution in [1.82, 2.24) is 30.4 Å². The number of carbonyl (C=O) groups excluding carboxylic acids is 2. The smallest absolute Gasteiger partial charge is 0.324 e. The van der Waals surface area contributed by atoms with E-state index in [1.54, 1.807) is 4.68 Å². The van der Waals surface area contributed by atoms with Gasteiger partial charge in [-0.05, 0) is 35.0 Å². The summed E-state index contributed by atoms with van der Waals surface area (Å²) < 4.78 is 1.55. The van der Waals surface area contributed by atoms with Crippen molar-refractivity contribution in [2.24, 2.45) is 0 Å². The van der Waals surface area contributed by atoms with Gasteiger partial charge in [0.2, 0.25) is 5.91 Å². The molecule has 2 aromatic rings. The first-order valence-electron chi connectivity index (χ1n) is 6.81. The maximum absolute atomic E-state index is 12.0. The van der Waals surface area contributed by atoms with Crippen molar-refractivity contribution in [3.63, 3.8) is 0 Å². The summed E-state index contributed by atoms with van der Waals surface area (Å²) in [5.41, 5.74) is 2.58. The molecule has 1 saturated heterocycles. The number of amides is 3. The number of rotatable bonds is 4. The van der Waals surface area contributed by atoms with Crippen LogP contribution >= 0.6 is 0 Å². The Balaban J connectivity index is 1.69. The monoisotopic (exact) mass is 301 g/mol. The standard InChI is InChI=1S/C13H15N7O2/c1-9-2-3-10(6-11(9)20-8-16-17-18-20)15-7-12(21)19-5-4-14-13(19)22/h2-3,6,8,15H,4-5,7H2,1H3,(H,14,22). The van der Waals surface area contributed by atoms with Crippen LogP contribution in [0.4, 0.5) is 10.5 Å². The zero-order valence-electron chi connectivity index (χ0n) is 12.0. The molecule has 0 atom stereocenters. The molecule has 1 aliphatic heterocycles. The number of nitrogens with one attached hydrogen (secondary N) is 2. The number of aromatic nitrogens is 4. The van der Waals surface area contributed by atoms with Crippen LogP contribution < -0.4 is 10.6 Å². The Kier molecular flexibility index (Phi) is 3.69. The second kappa shape index (κ2) is 5.80. The van der Waals surface area contributed by atoms with E-state index in [1.807, 2.05) is 25.1 Å². The van der Waals surface area contributed by atoms with Crippen LogP contribution in [0.1, 0.15) is 5.56 Å². The van der Waals surface area contributed by atoms with Gasteiger partial charge in [-0.2, -0.15) is 0 Å². The Morgan fingerprint density at radius 2 is 2.32 bits per heavy atom. The molecule has 1 aromatic carbocycles. The predicted molar refractivity (Wildman–Crippen MR) is 77.5 cm³/mol. The van der Waals surface area contributed by atoms with E-state index in [0.717, 1.165) is 16.9 Å². The lowest BCUT2D eigenvalue weighted by Crippen LogP contribution is -2.38. The summed E-state index contributed by atoms with van der Waals surface area (Å²) in [5.74, 6) is -0.264. The first-order chi connectivity index (χ1) is 10.6. The SMILES string of the molecule is Cc1ccc(NCC(=O)N2CCNC2=O)cc1-n1cnnn1. The van der Waals surface area contributed by atoms with Gasteiger partial charge in [-0.1, -0.05) is 6.07 Å². The number of aryl methyl sites for hydroxylation is 1. The Morgan fingerprint density at radius 1 is 1.45 bits per heavy atom. The molecule has 9 nitrogen and oxygen atoms in total. The van der Waals surface area contributed by atoms with E-state index in [9.17, 15) is 9.59 Å².